The maximum absolute atomic E-state index is 14.3. The van der Waals surface area contributed by atoms with Crippen LogP contribution in [0.4, 0.5) is 21.9 Å². The van der Waals surface area contributed by atoms with Gasteiger partial charge in [0.15, 0.2) is 5.41 Å². The Balaban J connectivity index is 1.49. The molecule has 0 unspecified atom stereocenters. The van der Waals surface area contributed by atoms with Gasteiger partial charge in [-0.3, -0.25) is 14.9 Å². The number of nitrogens with one attached hydrogen (secondary N) is 1. The van der Waals surface area contributed by atoms with Crippen LogP contribution in [0.5, 0.6) is 0 Å². The van der Waals surface area contributed by atoms with Crippen molar-refractivity contribution in [1.29, 1.82) is 0 Å². The number of halogens is 1. The van der Waals surface area contributed by atoms with Gasteiger partial charge in [0.1, 0.15) is 0 Å². The van der Waals surface area contributed by atoms with Crippen molar-refractivity contribution in [3.8, 4) is 0 Å². The second-order valence-electron chi connectivity index (χ2n) is 9.15. The Hall–Kier alpha value is -3.84. The molecule has 0 saturated carbocycles. The van der Waals surface area contributed by atoms with E-state index in [1.807, 2.05) is 54.6 Å². The third kappa shape index (κ3) is 3.30. The Morgan fingerprint density at radius 3 is 2.40 bits per heavy atom. The molecule has 1 N–H and O–H groups in total. The number of anilines is 3. The molecule has 3 aromatic rings. The number of barbiturate groups is 1. The van der Waals surface area contributed by atoms with Gasteiger partial charge in [0.2, 0.25) is 5.91 Å². The van der Waals surface area contributed by atoms with Gasteiger partial charge in [-0.05, 0) is 48.4 Å². The quantitative estimate of drug-likeness (QED) is 0.557. The van der Waals surface area contributed by atoms with Crippen LogP contribution in [0.1, 0.15) is 5.56 Å². The highest BCUT2D eigenvalue weighted by Gasteiger charge is 2.63. The van der Waals surface area contributed by atoms with Crippen molar-refractivity contribution >= 4 is 46.5 Å². The molecule has 2 saturated heterocycles. The maximum Gasteiger partial charge on any atom is 0.335 e. The molecule has 2 atom stereocenters. The number of rotatable bonds is 2. The van der Waals surface area contributed by atoms with Gasteiger partial charge in [0.05, 0.1) is 11.7 Å². The summed E-state index contributed by atoms with van der Waals surface area (Å²) >= 11 is 6.18. The van der Waals surface area contributed by atoms with Gasteiger partial charge < -0.3 is 9.80 Å². The number of imide groups is 2. The highest BCUT2D eigenvalue weighted by atomic mass is 35.5. The Morgan fingerprint density at radius 2 is 1.60 bits per heavy atom. The van der Waals surface area contributed by atoms with Gasteiger partial charge >= 0.3 is 6.03 Å². The molecule has 3 aliphatic heterocycles. The largest absolute Gasteiger partial charge is 0.368 e. The molecule has 176 valence electrons. The Labute approximate surface area is 207 Å². The highest BCUT2D eigenvalue weighted by molar-refractivity contribution is 6.33. The van der Waals surface area contributed by atoms with Crippen LogP contribution in [-0.4, -0.2) is 43.5 Å². The Morgan fingerprint density at radius 1 is 0.857 bits per heavy atom. The average molecular weight is 487 g/mol. The van der Waals surface area contributed by atoms with E-state index in [0.29, 0.717) is 23.8 Å². The minimum Gasteiger partial charge on any atom is -0.368 e. The van der Waals surface area contributed by atoms with Crippen LogP contribution in [0.25, 0.3) is 0 Å². The first-order valence-corrected chi connectivity index (χ1v) is 12.0. The molecule has 35 heavy (non-hydrogen) atoms. The number of amides is 4. The van der Waals surface area contributed by atoms with Gasteiger partial charge in [0, 0.05) is 36.0 Å². The number of urea groups is 1. The lowest BCUT2D eigenvalue weighted by molar-refractivity contribution is -0.144. The van der Waals surface area contributed by atoms with Crippen LogP contribution < -0.4 is 20.0 Å². The first-order valence-electron chi connectivity index (χ1n) is 11.6. The zero-order valence-electron chi connectivity index (χ0n) is 18.9. The first kappa shape index (κ1) is 21.7. The van der Waals surface area contributed by atoms with E-state index in [0.717, 1.165) is 28.4 Å². The fraction of sp³-hybridized carbons (Fsp3) is 0.222. The minimum atomic E-state index is -1.47. The van der Waals surface area contributed by atoms with Crippen molar-refractivity contribution in [2.75, 3.05) is 34.3 Å². The lowest BCUT2D eigenvalue weighted by Crippen LogP contribution is -2.75. The van der Waals surface area contributed by atoms with Crippen LogP contribution in [0.2, 0.25) is 5.02 Å². The summed E-state index contributed by atoms with van der Waals surface area (Å²) < 4.78 is 0. The number of fused-ring (bicyclic) bond motifs is 4. The standard InChI is InChI=1S/C27H23ClN4O3/c28-19-8-6-11-21(15-19)32-25(34)27(24(33)29-26(32)35)16-18-7-4-5-12-22(18)31-14-13-30(17-23(27)31)20-9-2-1-3-10-20/h1-12,15,23H,13-14,16-17H2,(H,29,33,35)/t23-,27-/m1/s1. The zero-order valence-corrected chi connectivity index (χ0v) is 19.6. The maximum atomic E-state index is 14.3. The van der Waals surface area contributed by atoms with Crippen LogP contribution in [-0.2, 0) is 16.0 Å². The molecule has 0 bridgehead atoms. The predicted octanol–water partition coefficient (Wildman–Crippen LogP) is 3.86. The van der Waals surface area contributed by atoms with Gasteiger partial charge in [-0.2, -0.15) is 0 Å². The van der Waals surface area contributed by atoms with Gasteiger partial charge in [-0.15, -0.1) is 0 Å². The number of piperazine rings is 1. The van der Waals surface area contributed by atoms with Crippen molar-refractivity contribution in [3.05, 3.63) is 89.4 Å². The van der Waals surface area contributed by atoms with Crippen LogP contribution in [0.3, 0.4) is 0 Å². The van der Waals surface area contributed by atoms with E-state index in [1.54, 1.807) is 24.3 Å². The number of carbonyl (C=O) groups is 3. The fourth-order valence-electron chi connectivity index (χ4n) is 5.68. The molecule has 0 radical (unpaired) electrons. The molecule has 3 aromatic carbocycles. The topological polar surface area (TPSA) is 73.0 Å². The summed E-state index contributed by atoms with van der Waals surface area (Å²) in [6, 6.07) is 23.2. The molecular formula is C27H23ClN4O3. The van der Waals surface area contributed by atoms with Gasteiger partial charge in [-0.25, -0.2) is 9.69 Å². The number of benzene rings is 3. The summed E-state index contributed by atoms with van der Waals surface area (Å²) in [7, 11) is 0. The SMILES string of the molecule is O=C1NC(=O)[C@]2(Cc3ccccc3N3CCN(c4ccccc4)C[C@@H]32)C(=O)N1c1cccc(Cl)c1. The summed E-state index contributed by atoms with van der Waals surface area (Å²) in [6.07, 6.45) is 0.210. The second kappa shape index (κ2) is 8.13. The van der Waals surface area contributed by atoms with Crippen molar-refractivity contribution in [2.24, 2.45) is 5.41 Å². The van der Waals surface area contributed by atoms with E-state index in [-0.39, 0.29) is 6.42 Å². The van der Waals surface area contributed by atoms with Gasteiger partial charge in [-0.1, -0.05) is 54.1 Å². The predicted molar refractivity (Wildman–Crippen MR) is 135 cm³/mol. The van der Waals surface area contributed by atoms with Crippen molar-refractivity contribution in [3.63, 3.8) is 0 Å². The Kier molecular flexibility index (Phi) is 5.04. The van der Waals surface area contributed by atoms with Crippen molar-refractivity contribution < 1.29 is 14.4 Å². The summed E-state index contributed by atoms with van der Waals surface area (Å²) in [5.74, 6) is -1.07. The highest BCUT2D eigenvalue weighted by Crippen LogP contribution is 2.46. The first-order chi connectivity index (χ1) is 17.0. The van der Waals surface area contributed by atoms with E-state index in [9.17, 15) is 14.4 Å². The van der Waals surface area contributed by atoms with E-state index in [2.05, 4.69) is 15.1 Å². The number of nitrogens with zero attached hydrogens (tertiary/aromatic N) is 3. The molecule has 2 fully saturated rings. The minimum absolute atomic E-state index is 0.210. The van der Waals surface area contributed by atoms with E-state index in [4.69, 9.17) is 11.6 Å². The van der Waals surface area contributed by atoms with Gasteiger partial charge in [0.25, 0.3) is 5.91 Å². The summed E-state index contributed by atoms with van der Waals surface area (Å²) in [5.41, 5.74) is 1.85. The molecule has 8 heteroatoms. The molecule has 7 nitrogen and oxygen atoms in total. The van der Waals surface area contributed by atoms with E-state index >= 15 is 0 Å². The molecule has 1 spiro atoms. The Bertz CT molecular complexity index is 1350. The third-order valence-electron chi connectivity index (χ3n) is 7.32. The zero-order chi connectivity index (χ0) is 24.2. The molecular weight excluding hydrogens is 464 g/mol. The van der Waals surface area contributed by atoms with Crippen molar-refractivity contribution in [1.82, 2.24) is 5.32 Å². The number of hydrogen-bond donors (Lipinski definition) is 1. The van der Waals surface area contributed by atoms with E-state index in [1.165, 1.54) is 0 Å². The summed E-state index contributed by atoms with van der Waals surface area (Å²) in [4.78, 5) is 46.4. The summed E-state index contributed by atoms with van der Waals surface area (Å²) in [6.45, 7) is 1.86. The molecule has 4 amide bonds. The van der Waals surface area contributed by atoms with Crippen LogP contribution >= 0.6 is 11.6 Å². The third-order valence-corrected chi connectivity index (χ3v) is 7.56. The molecule has 6 rings (SSSR count). The van der Waals surface area contributed by atoms with Crippen LogP contribution in [0, 0.1) is 5.41 Å². The average Bonchev–Trinajstić information content (AvgIpc) is 2.87. The van der Waals surface area contributed by atoms with Crippen LogP contribution in [0.15, 0.2) is 78.9 Å². The second-order valence-corrected chi connectivity index (χ2v) is 9.58. The normalized spacial score (nSPS) is 23.7. The fourth-order valence-corrected chi connectivity index (χ4v) is 5.86. The number of para-hydroxylation sites is 2. The van der Waals surface area contributed by atoms with E-state index < -0.39 is 29.3 Å². The molecule has 3 heterocycles. The van der Waals surface area contributed by atoms with Crippen molar-refractivity contribution in [2.45, 2.75) is 12.5 Å². The monoisotopic (exact) mass is 486 g/mol. The lowest BCUT2D eigenvalue weighted by atomic mass is 9.67. The number of carbonyl (C=O) groups excluding carboxylic acids is 3. The molecule has 0 aromatic heterocycles. The lowest BCUT2D eigenvalue weighted by Gasteiger charge is -2.55. The summed E-state index contributed by atoms with van der Waals surface area (Å²) in [5, 5.41) is 2.90. The molecule has 3 aliphatic rings. The smallest absolute Gasteiger partial charge is 0.335 e. The number of hydrogen-bond acceptors (Lipinski definition) is 5. The molecule has 0 aliphatic carbocycles.